The smallest absolute Gasteiger partial charge is 0.0512 e. The molecule has 2 nitrogen and oxygen atoms in total. The van der Waals surface area contributed by atoms with Crippen LogP contribution in [0.2, 0.25) is 0 Å². The van der Waals surface area contributed by atoms with E-state index in [0.717, 1.165) is 41.9 Å². The molecule has 1 N–H and O–H groups in total. The molecule has 32 heavy (non-hydrogen) atoms. The minimum absolute atomic E-state index is 0.279. The monoisotopic (exact) mass is 446 g/mol. The van der Waals surface area contributed by atoms with E-state index in [0.29, 0.717) is 12.5 Å². The maximum Gasteiger partial charge on any atom is 0.0512 e. The van der Waals surface area contributed by atoms with E-state index >= 15 is 0 Å². The number of ether oxygens (including phenoxy) is 1. The fourth-order valence-corrected chi connectivity index (χ4v) is 7.17. The number of allylic oxidation sites excluding steroid dienone is 2. The average Bonchev–Trinajstić information content (AvgIpc) is 2.85. The Kier molecular flexibility index (Phi) is 12.2. The van der Waals surface area contributed by atoms with Gasteiger partial charge in [-0.25, -0.2) is 0 Å². The van der Waals surface area contributed by atoms with Gasteiger partial charge in [-0.3, -0.25) is 0 Å². The molecule has 3 fully saturated rings. The number of rotatable bonds is 12. The molecular weight excluding hydrogens is 392 g/mol. The van der Waals surface area contributed by atoms with Crippen molar-refractivity contribution in [2.45, 2.75) is 116 Å². The van der Waals surface area contributed by atoms with Gasteiger partial charge < -0.3 is 9.84 Å². The highest BCUT2D eigenvalue weighted by Crippen LogP contribution is 2.43. The van der Waals surface area contributed by atoms with E-state index in [-0.39, 0.29) is 6.61 Å². The zero-order valence-corrected chi connectivity index (χ0v) is 21.5. The second-order valence-electron chi connectivity index (χ2n) is 11.8. The van der Waals surface area contributed by atoms with Gasteiger partial charge in [0.15, 0.2) is 0 Å². The molecule has 0 spiro atoms. The Morgan fingerprint density at radius 3 is 1.78 bits per heavy atom. The molecule has 0 saturated heterocycles. The molecule has 186 valence electrons. The summed E-state index contributed by atoms with van der Waals surface area (Å²) in [4.78, 5) is 0. The number of hydrogen-bond acceptors (Lipinski definition) is 2. The lowest BCUT2D eigenvalue weighted by Gasteiger charge is -2.37. The normalized spacial score (nSPS) is 35.2. The van der Waals surface area contributed by atoms with E-state index in [4.69, 9.17) is 4.74 Å². The van der Waals surface area contributed by atoms with Crippen LogP contribution in [0.4, 0.5) is 0 Å². The van der Waals surface area contributed by atoms with Crippen LogP contribution in [0.25, 0.3) is 0 Å². The van der Waals surface area contributed by atoms with Crippen LogP contribution in [0.3, 0.4) is 0 Å². The van der Waals surface area contributed by atoms with Gasteiger partial charge in [0.05, 0.1) is 6.61 Å². The van der Waals surface area contributed by atoms with Crippen molar-refractivity contribution >= 4 is 0 Å². The van der Waals surface area contributed by atoms with E-state index in [1.54, 1.807) is 7.11 Å². The molecule has 0 radical (unpaired) electrons. The highest BCUT2D eigenvalue weighted by Gasteiger charge is 2.30. The molecule has 0 amide bonds. The van der Waals surface area contributed by atoms with Crippen LogP contribution >= 0.6 is 0 Å². The van der Waals surface area contributed by atoms with Gasteiger partial charge in [-0.05, 0) is 106 Å². The third kappa shape index (κ3) is 8.79. The largest absolute Gasteiger partial charge is 0.396 e. The van der Waals surface area contributed by atoms with E-state index in [1.165, 1.54) is 103 Å². The third-order valence-electron chi connectivity index (χ3n) is 9.53. The molecule has 0 bridgehead atoms. The van der Waals surface area contributed by atoms with E-state index in [2.05, 4.69) is 19.1 Å². The van der Waals surface area contributed by atoms with Gasteiger partial charge in [0.2, 0.25) is 0 Å². The second-order valence-corrected chi connectivity index (χ2v) is 11.8. The Morgan fingerprint density at radius 2 is 1.25 bits per heavy atom. The molecule has 0 heterocycles. The summed E-state index contributed by atoms with van der Waals surface area (Å²) in [6, 6.07) is 0. The zero-order valence-electron chi connectivity index (χ0n) is 21.5. The fraction of sp³-hybridized carbons (Fsp3) is 0.933. The lowest BCUT2D eigenvalue weighted by atomic mass is 9.68. The van der Waals surface area contributed by atoms with Crippen LogP contribution in [0, 0.1) is 41.4 Å². The quantitative estimate of drug-likeness (QED) is 0.306. The van der Waals surface area contributed by atoms with Gasteiger partial charge in [0, 0.05) is 19.6 Å². The summed E-state index contributed by atoms with van der Waals surface area (Å²) in [6.07, 6.45) is 29.5. The van der Waals surface area contributed by atoms with Crippen molar-refractivity contribution in [3.05, 3.63) is 12.2 Å². The van der Waals surface area contributed by atoms with Gasteiger partial charge in [-0.2, -0.15) is 0 Å². The Labute approximate surface area is 200 Å². The van der Waals surface area contributed by atoms with Crippen LogP contribution in [-0.4, -0.2) is 25.4 Å². The summed E-state index contributed by atoms with van der Waals surface area (Å²) in [7, 11) is 1.75. The lowest BCUT2D eigenvalue weighted by Crippen LogP contribution is -2.26. The van der Waals surface area contributed by atoms with Crippen LogP contribution in [0.5, 0.6) is 0 Å². The number of aliphatic hydroxyl groups is 1. The Bertz CT molecular complexity index is 491. The first-order valence-electron chi connectivity index (χ1n) is 14.5. The predicted molar refractivity (Wildman–Crippen MR) is 137 cm³/mol. The molecular formula is C30H54O2. The van der Waals surface area contributed by atoms with Crippen LogP contribution in [-0.2, 0) is 4.74 Å². The second kappa shape index (κ2) is 14.8. The highest BCUT2D eigenvalue weighted by atomic mass is 16.5. The maximum atomic E-state index is 9.49. The van der Waals surface area contributed by atoms with Crippen molar-refractivity contribution in [3.8, 4) is 0 Å². The summed E-state index contributed by atoms with van der Waals surface area (Å²) in [5.74, 6) is 6.04. The first-order valence-corrected chi connectivity index (χ1v) is 14.5. The standard InChI is InChI=1S/C30H54O2/c1-3-4-5-24-6-8-25(9-7-24)10-11-26-14-18-29(19-15-26)30-20-16-27(17-21-30)12-13-28(22-31)23-32-2/h10-11,24-31H,3-9,12-23H2,1-2H3/b11-10+. The first-order chi connectivity index (χ1) is 15.7. The molecule has 0 aromatic rings. The number of hydrogen-bond donors (Lipinski definition) is 1. The van der Waals surface area contributed by atoms with E-state index < -0.39 is 0 Å². The zero-order chi connectivity index (χ0) is 22.6. The number of methoxy groups -OCH3 is 1. The van der Waals surface area contributed by atoms with E-state index in [1.807, 2.05) is 0 Å². The number of aliphatic hydroxyl groups excluding tert-OH is 1. The molecule has 3 aliphatic rings. The molecule has 2 heteroatoms. The summed E-state index contributed by atoms with van der Waals surface area (Å²) in [5.41, 5.74) is 0. The van der Waals surface area contributed by atoms with Gasteiger partial charge in [0.25, 0.3) is 0 Å². The highest BCUT2D eigenvalue weighted by molar-refractivity contribution is 4.97. The molecule has 1 atom stereocenters. The van der Waals surface area contributed by atoms with Crippen molar-refractivity contribution in [2.75, 3.05) is 20.3 Å². The topological polar surface area (TPSA) is 29.5 Å². The molecule has 0 aliphatic heterocycles. The minimum Gasteiger partial charge on any atom is -0.396 e. The van der Waals surface area contributed by atoms with Crippen LogP contribution < -0.4 is 0 Å². The van der Waals surface area contributed by atoms with Crippen LogP contribution in [0.1, 0.15) is 116 Å². The Hall–Kier alpha value is -0.340. The molecule has 3 aliphatic carbocycles. The SMILES string of the molecule is CCCCC1CCC(/C=C/C2CCC(C3CCC(CCC(CO)COC)CC3)CC2)CC1. The van der Waals surface area contributed by atoms with E-state index in [9.17, 15) is 5.11 Å². The molecule has 0 aromatic carbocycles. The summed E-state index contributed by atoms with van der Waals surface area (Å²) in [6.45, 7) is 3.32. The van der Waals surface area contributed by atoms with Crippen molar-refractivity contribution in [2.24, 2.45) is 41.4 Å². The Morgan fingerprint density at radius 1 is 0.750 bits per heavy atom. The van der Waals surface area contributed by atoms with Crippen molar-refractivity contribution in [1.82, 2.24) is 0 Å². The van der Waals surface area contributed by atoms with Crippen molar-refractivity contribution in [3.63, 3.8) is 0 Å². The minimum atomic E-state index is 0.279. The maximum absolute atomic E-state index is 9.49. The van der Waals surface area contributed by atoms with Crippen molar-refractivity contribution < 1.29 is 9.84 Å². The van der Waals surface area contributed by atoms with Gasteiger partial charge in [-0.15, -0.1) is 0 Å². The van der Waals surface area contributed by atoms with Gasteiger partial charge in [0.1, 0.15) is 0 Å². The number of unbranched alkanes of at least 4 members (excludes halogenated alkanes) is 1. The summed E-state index contributed by atoms with van der Waals surface area (Å²) in [5, 5.41) is 9.49. The van der Waals surface area contributed by atoms with Gasteiger partial charge >= 0.3 is 0 Å². The third-order valence-corrected chi connectivity index (χ3v) is 9.53. The average molecular weight is 447 g/mol. The lowest BCUT2D eigenvalue weighted by molar-refractivity contribution is 0.0951. The molecule has 0 aromatic heterocycles. The van der Waals surface area contributed by atoms with Crippen LogP contribution in [0.15, 0.2) is 12.2 Å². The predicted octanol–water partition coefficient (Wildman–Crippen LogP) is 8.19. The Balaban J connectivity index is 1.28. The van der Waals surface area contributed by atoms with Gasteiger partial charge in [-0.1, -0.05) is 57.6 Å². The van der Waals surface area contributed by atoms with Crippen molar-refractivity contribution in [1.29, 1.82) is 0 Å². The summed E-state index contributed by atoms with van der Waals surface area (Å²) >= 11 is 0. The first kappa shape index (κ1) is 26.3. The molecule has 3 saturated carbocycles. The summed E-state index contributed by atoms with van der Waals surface area (Å²) < 4.78 is 5.24. The molecule has 3 rings (SSSR count). The molecule has 1 unspecified atom stereocenters. The fourth-order valence-electron chi connectivity index (χ4n) is 7.17.